The van der Waals surface area contributed by atoms with E-state index in [9.17, 15) is 13.2 Å². The van der Waals surface area contributed by atoms with Gasteiger partial charge in [0.25, 0.3) is 0 Å². The van der Waals surface area contributed by atoms with Gasteiger partial charge in [0.15, 0.2) is 16.4 Å². The van der Waals surface area contributed by atoms with Gasteiger partial charge in [0.1, 0.15) is 5.75 Å². The summed E-state index contributed by atoms with van der Waals surface area (Å²) in [7, 11) is -2.99. The van der Waals surface area contributed by atoms with Gasteiger partial charge in [-0.15, -0.1) is 0 Å². The molecule has 2 aromatic rings. The Morgan fingerprint density at radius 3 is 2.69 bits per heavy atom. The zero-order valence-corrected chi connectivity index (χ0v) is 17.6. The van der Waals surface area contributed by atoms with Crippen molar-refractivity contribution in [2.45, 2.75) is 26.3 Å². The van der Waals surface area contributed by atoms with Crippen molar-refractivity contribution in [3.63, 3.8) is 0 Å². The average Bonchev–Trinajstić information content (AvgIpc) is 3.05. The van der Waals surface area contributed by atoms with Crippen molar-refractivity contribution >= 4 is 43.2 Å². The van der Waals surface area contributed by atoms with Gasteiger partial charge in [-0.25, -0.2) is 8.42 Å². The van der Waals surface area contributed by atoms with E-state index in [2.05, 4.69) is 15.9 Å². The summed E-state index contributed by atoms with van der Waals surface area (Å²) in [6.45, 7) is 3.64. The van der Waals surface area contributed by atoms with Crippen molar-refractivity contribution in [3.05, 3.63) is 50.7 Å². The molecule has 8 heteroatoms. The largest absolute Gasteiger partial charge is 0.484 e. The molecule has 2 heterocycles. The van der Waals surface area contributed by atoms with Crippen molar-refractivity contribution in [3.8, 4) is 5.75 Å². The van der Waals surface area contributed by atoms with Gasteiger partial charge in [-0.2, -0.15) is 0 Å². The van der Waals surface area contributed by atoms with E-state index in [4.69, 9.17) is 16.3 Å². The molecule has 0 saturated carbocycles. The van der Waals surface area contributed by atoms with Crippen LogP contribution in [0.3, 0.4) is 0 Å². The van der Waals surface area contributed by atoms with Gasteiger partial charge < -0.3 is 9.30 Å². The predicted molar refractivity (Wildman–Crippen MR) is 105 cm³/mol. The summed E-state index contributed by atoms with van der Waals surface area (Å²) >= 11 is 9.26. The molecule has 1 atom stereocenters. The fourth-order valence-corrected chi connectivity index (χ4v) is 5.91. The van der Waals surface area contributed by atoms with E-state index in [1.807, 2.05) is 24.5 Å². The first-order valence-electron chi connectivity index (χ1n) is 8.18. The van der Waals surface area contributed by atoms with E-state index in [1.165, 1.54) is 0 Å². The minimum Gasteiger partial charge on any atom is -0.484 e. The highest BCUT2D eigenvalue weighted by Crippen LogP contribution is 2.30. The fourth-order valence-electron chi connectivity index (χ4n) is 3.41. The summed E-state index contributed by atoms with van der Waals surface area (Å²) in [5.41, 5.74) is 2.24. The van der Waals surface area contributed by atoms with E-state index >= 15 is 0 Å². The maximum atomic E-state index is 12.6. The fraction of sp³-hybridized carbons (Fsp3) is 0.389. The quantitative estimate of drug-likeness (QED) is 0.629. The van der Waals surface area contributed by atoms with Gasteiger partial charge in [-0.3, -0.25) is 4.79 Å². The van der Waals surface area contributed by atoms with E-state index in [1.54, 1.807) is 18.2 Å². The minimum atomic E-state index is -2.99. The third-order valence-electron chi connectivity index (χ3n) is 4.61. The van der Waals surface area contributed by atoms with E-state index in [-0.39, 0.29) is 29.9 Å². The smallest absolute Gasteiger partial charge is 0.202 e. The highest BCUT2D eigenvalue weighted by molar-refractivity contribution is 9.10. The van der Waals surface area contributed by atoms with E-state index in [0.717, 1.165) is 11.4 Å². The second-order valence-corrected chi connectivity index (χ2v) is 10.0. The van der Waals surface area contributed by atoms with Crippen LogP contribution in [0.4, 0.5) is 0 Å². The molecule has 0 spiro atoms. The minimum absolute atomic E-state index is 0.104. The molecule has 0 aliphatic carbocycles. The lowest BCUT2D eigenvalue weighted by atomic mass is 10.1. The molecule has 0 N–H and O–H groups in total. The molecule has 0 amide bonds. The number of benzene rings is 1. The van der Waals surface area contributed by atoms with Gasteiger partial charge in [0.2, 0.25) is 5.78 Å². The Labute approximate surface area is 166 Å². The Kier molecular flexibility index (Phi) is 5.51. The highest BCUT2D eigenvalue weighted by Gasteiger charge is 2.31. The molecule has 26 heavy (non-hydrogen) atoms. The Hall–Kier alpha value is -1.31. The van der Waals surface area contributed by atoms with Crippen LogP contribution in [-0.4, -0.2) is 36.9 Å². The van der Waals surface area contributed by atoms with E-state index in [0.29, 0.717) is 27.2 Å². The predicted octanol–water partition coefficient (Wildman–Crippen LogP) is 4.14. The maximum absolute atomic E-state index is 12.6. The number of halogens is 2. The molecule has 140 valence electrons. The van der Waals surface area contributed by atoms with Crippen LogP contribution in [-0.2, 0) is 9.84 Å². The summed E-state index contributed by atoms with van der Waals surface area (Å²) in [5, 5.41) is 0.575. The second kappa shape index (κ2) is 7.37. The van der Waals surface area contributed by atoms with Gasteiger partial charge in [-0.1, -0.05) is 11.6 Å². The third kappa shape index (κ3) is 4.00. The van der Waals surface area contributed by atoms with Gasteiger partial charge in [0.05, 0.1) is 16.0 Å². The Morgan fingerprint density at radius 2 is 2.08 bits per heavy atom. The monoisotopic (exact) mass is 459 g/mol. The van der Waals surface area contributed by atoms with Crippen molar-refractivity contribution in [2.24, 2.45) is 0 Å². The summed E-state index contributed by atoms with van der Waals surface area (Å²) in [6, 6.07) is 6.80. The number of carbonyl (C=O) groups is 1. The van der Waals surface area contributed by atoms with Crippen LogP contribution in [0, 0.1) is 13.8 Å². The number of aromatic nitrogens is 1. The van der Waals surface area contributed by atoms with Gasteiger partial charge >= 0.3 is 0 Å². The summed E-state index contributed by atoms with van der Waals surface area (Å²) in [4.78, 5) is 12.6. The molecule has 1 aliphatic rings. The molecule has 1 unspecified atom stereocenters. The lowest BCUT2D eigenvalue weighted by Crippen LogP contribution is -2.16. The topological polar surface area (TPSA) is 65.4 Å². The zero-order valence-electron chi connectivity index (χ0n) is 14.5. The molecular weight excluding hydrogens is 442 g/mol. The van der Waals surface area contributed by atoms with Crippen LogP contribution in [0.5, 0.6) is 5.75 Å². The standard InChI is InChI=1S/C18H19BrClNO4S/c1-11-7-15(12(2)21(11)14-5-6-26(23,24)10-14)17(22)9-25-18-4-3-13(20)8-16(18)19/h3-4,7-8,14H,5-6,9-10H2,1-2H3. The third-order valence-corrected chi connectivity index (χ3v) is 7.22. The van der Waals surface area contributed by atoms with Crippen LogP contribution < -0.4 is 4.74 Å². The van der Waals surface area contributed by atoms with Crippen LogP contribution in [0.2, 0.25) is 5.02 Å². The van der Waals surface area contributed by atoms with Crippen molar-refractivity contribution < 1.29 is 17.9 Å². The number of Topliss-reactive ketones (excluding diaryl/α,β-unsaturated/α-hetero) is 1. The summed E-state index contributed by atoms with van der Waals surface area (Å²) < 4.78 is 31.8. The molecule has 0 bridgehead atoms. The number of carbonyl (C=O) groups excluding carboxylic acids is 1. The van der Waals surface area contributed by atoms with Crippen molar-refractivity contribution in [1.29, 1.82) is 0 Å². The first kappa shape index (κ1) is 19.5. The molecular formula is C18H19BrClNO4S. The van der Waals surface area contributed by atoms with Gasteiger partial charge in [-0.05, 0) is 60.5 Å². The lowest BCUT2D eigenvalue weighted by Gasteiger charge is -2.16. The number of sulfone groups is 1. The number of ether oxygens (including phenoxy) is 1. The summed E-state index contributed by atoms with van der Waals surface area (Å²) in [5.74, 6) is 0.724. The van der Waals surface area contributed by atoms with Crippen LogP contribution in [0.25, 0.3) is 0 Å². The Morgan fingerprint density at radius 1 is 1.35 bits per heavy atom. The molecule has 3 rings (SSSR count). The molecule has 0 radical (unpaired) electrons. The Bertz CT molecular complexity index is 968. The molecule has 1 aromatic carbocycles. The van der Waals surface area contributed by atoms with Crippen LogP contribution >= 0.6 is 27.5 Å². The number of rotatable bonds is 5. The molecule has 1 aliphatic heterocycles. The second-order valence-electron chi connectivity index (χ2n) is 6.50. The highest BCUT2D eigenvalue weighted by atomic mass is 79.9. The first-order valence-corrected chi connectivity index (χ1v) is 11.2. The van der Waals surface area contributed by atoms with Crippen LogP contribution in [0.1, 0.15) is 34.2 Å². The van der Waals surface area contributed by atoms with Crippen LogP contribution in [0.15, 0.2) is 28.7 Å². The first-order chi connectivity index (χ1) is 12.2. The number of hydrogen-bond acceptors (Lipinski definition) is 4. The maximum Gasteiger partial charge on any atom is 0.202 e. The Balaban J connectivity index is 1.77. The zero-order chi connectivity index (χ0) is 19.1. The SMILES string of the molecule is Cc1cc(C(=O)COc2ccc(Cl)cc2Br)c(C)n1C1CCS(=O)(=O)C1. The number of hydrogen-bond donors (Lipinski definition) is 0. The van der Waals surface area contributed by atoms with Crippen molar-refractivity contribution in [2.75, 3.05) is 18.1 Å². The number of ketones is 1. The molecule has 1 saturated heterocycles. The molecule has 5 nitrogen and oxygen atoms in total. The molecule has 1 fully saturated rings. The summed E-state index contributed by atoms with van der Waals surface area (Å²) in [6.07, 6.45) is 0.584. The normalized spacial score (nSPS) is 18.8. The number of aryl methyl sites for hydroxylation is 1. The lowest BCUT2D eigenvalue weighted by molar-refractivity contribution is 0.0920. The molecule has 1 aromatic heterocycles. The van der Waals surface area contributed by atoms with Gasteiger partial charge in [0, 0.05) is 28.0 Å². The van der Waals surface area contributed by atoms with E-state index < -0.39 is 9.84 Å². The average molecular weight is 461 g/mol. The number of nitrogens with zero attached hydrogens (tertiary/aromatic N) is 1. The van der Waals surface area contributed by atoms with Crippen molar-refractivity contribution in [1.82, 2.24) is 4.57 Å².